The first-order valence-electron chi connectivity index (χ1n) is 6.46. The number of carbonyl (C=O) groups is 1. The summed E-state index contributed by atoms with van der Waals surface area (Å²) >= 11 is 0. The molecule has 2 heterocycles. The highest BCUT2D eigenvalue weighted by atomic mass is 16.6. The summed E-state index contributed by atoms with van der Waals surface area (Å²) in [5.41, 5.74) is 5.19. The average molecular weight is 279 g/mol. The zero-order chi connectivity index (χ0) is 14.7. The van der Waals surface area contributed by atoms with Gasteiger partial charge in [-0.15, -0.1) is 0 Å². The molecule has 1 amide bonds. The van der Waals surface area contributed by atoms with E-state index in [2.05, 4.69) is 10.3 Å². The van der Waals surface area contributed by atoms with E-state index in [-0.39, 0.29) is 17.3 Å². The number of rotatable bonds is 5. The van der Waals surface area contributed by atoms with Gasteiger partial charge in [-0.1, -0.05) is 0 Å². The van der Waals surface area contributed by atoms with Gasteiger partial charge in [-0.25, -0.2) is 4.98 Å². The number of pyridine rings is 1. The van der Waals surface area contributed by atoms with Crippen LogP contribution in [0.25, 0.3) is 0 Å². The van der Waals surface area contributed by atoms with Crippen molar-refractivity contribution in [1.82, 2.24) is 10.3 Å². The van der Waals surface area contributed by atoms with Gasteiger partial charge in [-0.3, -0.25) is 14.9 Å². The third-order valence-corrected chi connectivity index (χ3v) is 3.42. The highest BCUT2D eigenvalue weighted by Crippen LogP contribution is 2.25. The summed E-state index contributed by atoms with van der Waals surface area (Å²) in [7, 11) is 0. The van der Waals surface area contributed by atoms with Gasteiger partial charge in [0.25, 0.3) is 11.6 Å². The Morgan fingerprint density at radius 3 is 2.95 bits per heavy atom. The maximum absolute atomic E-state index is 11.5. The lowest BCUT2D eigenvalue weighted by molar-refractivity contribution is -0.385. The Morgan fingerprint density at radius 1 is 1.70 bits per heavy atom. The Bertz CT molecular complexity index is 528. The van der Waals surface area contributed by atoms with Gasteiger partial charge in [0.2, 0.25) is 0 Å². The average Bonchev–Trinajstić information content (AvgIpc) is 2.93. The Morgan fingerprint density at radius 2 is 2.45 bits per heavy atom. The molecule has 0 aliphatic carbocycles. The van der Waals surface area contributed by atoms with Gasteiger partial charge in [0.05, 0.1) is 10.5 Å². The van der Waals surface area contributed by atoms with Gasteiger partial charge in [-0.2, -0.15) is 0 Å². The lowest BCUT2D eigenvalue weighted by atomic mass is 10.1. The molecule has 1 unspecified atom stereocenters. The molecule has 1 aliphatic rings. The number of aromatic nitrogens is 1. The third kappa shape index (κ3) is 2.69. The normalized spacial score (nSPS) is 17.9. The summed E-state index contributed by atoms with van der Waals surface area (Å²) in [6.07, 6.45) is 2.09. The van der Waals surface area contributed by atoms with Crippen LogP contribution in [0.4, 0.5) is 11.5 Å². The molecular weight excluding hydrogens is 262 g/mol. The van der Waals surface area contributed by atoms with Crippen molar-refractivity contribution in [2.24, 2.45) is 5.73 Å². The summed E-state index contributed by atoms with van der Waals surface area (Å²) < 4.78 is 0. The second kappa shape index (κ2) is 5.83. The first-order chi connectivity index (χ1) is 9.54. The number of primary amides is 1. The summed E-state index contributed by atoms with van der Waals surface area (Å²) in [6.45, 7) is 4.30. The highest BCUT2D eigenvalue weighted by Gasteiger charge is 2.26. The molecule has 1 aromatic heterocycles. The van der Waals surface area contributed by atoms with Crippen LogP contribution in [-0.4, -0.2) is 41.5 Å². The fraction of sp³-hybridized carbons (Fsp3) is 0.500. The van der Waals surface area contributed by atoms with E-state index in [4.69, 9.17) is 5.73 Å². The predicted octanol–water partition coefficient (Wildman–Crippen LogP) is 0.277. The minimum Gasteiger partial charge on any atom is -0.365 e. The largest absolute Gasteiger partial charge is 0.365 e. The fourth-order valence-corrected chi connectivity index (χ4v) is 2.44. The van der Waals surface area contributed by atoms with E-state index in [0.29, 0.717) is 12.4 Å². The molecule has 1 fully saturated rings. The van der Waals surface area contributed by atoms with Gasteiger partial charge in [-0.05, 0) is 19.9 Å². The molecule has 1 atom stereocenters. The maximum Gasteiger partial charge on any atom is 0.288 e. The van der Waals surface area contributed by atoms with Crippen LogP contribution in [0.1, 0.15) is 23.7 Å². The lowest BCUT2D eigenvalue weighted by Crippen LogP contribution is -2.38. The zero-order valence-electron chi connectivity index (χ0n) is 11.2. The molecule has 0 bridgehead atoms. The van der Waals surface area contributed by atoms with Crippen LogP contribution in [-0.2, 0) is 0 Å². The second-order valence-corrected chi connectivity index (χ2v) is 4.62. The van der Waals surface area contributed by atoms with Crippen LogP contribution in [0.2, 0.25) is 0 Å². The lowest BCUT2D eigenvalue weighted by Gasteiger charge is -2.29. The van der Waals surface area contributed by atoms with Crippen molar-refractivity contribution in [3.8, 4) is 0 Å². The van der Waals surface area contributed by atoms with E-state index in [1.165, 1.54) is 6.07 Å². The van der Waals surface area contributed by atoms with Gasteiger partial charge in [0.1, 0.15) is 12.0 Å². The van der Waals surface area contributed by atoms with Crippen LogP contribution in [0.15, 0.2) is 12.3 Å². The minimum atomic E-state index is -0.708. The molecular formula is C12H17N5O3. The standard InChI is InChI=1S/C12H17N5O3/c1-2-16(8-3-4-14-6-8)12-10(11(13)18)5-9(7-15-12)17(19)20/h5,7-8,14H,2-4,6H2,1H3,(H2,13,18). The number of nitrogens with two attached hydrogens (primary N) is 1. The summed E-state index contributed by atoms with van der Waals surface area (Å²) in [5, 5.41) is 14.0. The van der Waals surface area contributed by atoms with E-state index >= 15 is 0 Å². The minimum absolute atomic E-state index is 0.0907. The number of anilines is 1. The van der Waals surface area contributed by atoms with Crippen molar-refractivity contribution in [2.75, 3.05) is 24.5 Å². The summed E-state index contributed by atoms with van der Waals surface area (Å²) in [4.78, 5) is 27.8. The van der Waals surface area contributed by atoms with Crippen LogP contribution in [0, 0.1) is 10.1 Å². The van der Waals surface area contributed by atoms with Crippen molar-refractivity contribution in [3.63, 3.8) is 0 Å². The number of nitro groups is 1. The Kier molecular flexibility index (Phi) is 4.14. The third-order valence-electron chi connectivity index (χ3n) is 3.42. The Hall–Kier alpha value is -2.22. The van der Waals surface area contributed by atoms with Crippen molar-refractivity contribution in [2.45, 2.75) is 19.4 Å². The second-order valence-electron chi connectivity index (χ2n) is 4.62. The molecule has 8 nitrogen and oxygen atoms in total. The number of nitrogens with zero attached hydrogens (tertiary/aromatic N) is 3. The van der Waals surface area contributed by atoms with Crippen molar-refractivity contribution < 1.29 is 9.72 Å². The van der Waals surface area contributed by atoms with Crippen LogP contribution < -0.4 is 16.0 Å². The molecule has 0 spiro atoms. The molecule has 8 heteroatoms. The first kappa shape index (κ1) is 14.2. The van der Waals surface area contributed by atoms with Crippen molar-refractivity contribution in [3.05, 3.63) is 27.9 Å². The number of hydrogen-bond donors (Lipinski definition) is 2. The number of carbonyl (C=O) groups excluding carboxylic acids is 1. The first-order valence-corrected chi connectivity index (χ1v) is 6.46. The van der Waals surface area contributed by atoms with Crippen molar-refractivity contribution >= 4 is 17.4 Å². The molecule has 1 aromatic rings. The smallest absolute Gasteiger partial charge is 0.288 e. The topological polar surface area (TPSA) is 114 Å². The molecule has 1 saturated heterocycles. The molecule has 2 rings (SSSR count). The van der Waals surface area contributed by atoms with Crippen LogP contribution >= 0.6 is 0 Å². The molecule has 20 heavy (non-hydrogen) atoms. The summed E-state index contributed by atoms with van der Waals surface area (Å²) in [5.74, 6) is -0.292. The quantitative estimate of drug-likeness (QED) is 0.591. The number of hydrogen-bond acceptors (Lipinski definition) is 6. The Labute approximate surface area is 116 Å². The van der Waals surface area contributed by atoms with Crippen molar-refractivity contribution in [1.29, 1.82) is 0 Å². The Balaban J connectivity index is 2.42. The molecule has 108 valence electrons. The van der Waals surface area contributed by atoms with Crippen LogP contribution in [0.5, 0.6) is 0 Å². The van der Waals surface area contributed by atoms with Gasteiger partial charge in [0.15, 0.2) is 0 Å². The van der Waals surface area contributed by atoms with Gasteiger partial charge < -0.3 is 16.0 Å². The SMILES string of the molecule is CCN(c1ncc([N+](=O)[O-])cc1C(N)=O)C1CCNC1. The van der Waals surface area contributed by atoms with Crippen LogP contribution in [0.3, 0.4) is 0 Å². The number of amides is 1. The molecule has 3 N–H and O–H groups in total. The fourth-order valence-electron chi connectivity index (χ4n) is 2.44. The number of nitrogens with one attached hydrogen (secondary N) is 1. The monoisotopic (exact) mass is 279 g/mol. The molecule has 0 aromatic carbocycles. The molecule has 0 saturated carbocycles. The number of likely N-dealkylation sites (N-methyl/N-ethyl adjacent to an activating group) is 1. The van der Waals surface area contributed by atoms with E-state index in [9.17, 15) is 14.9 Å². The van der Waals surface area contributed by atoms with E-state index < -0.39 is 10.8 Å². The zero-order valence-corrected chi connectivity index (χ0v) is 11.2. The van der Waals surface area contributed by atoms with E-state index in [0.717, 1.165) is 25.7 Å². The summed E-state index contributed by atoms with van der Waals surface area (Å²) in [6, 6.07) is 1.41. The molecule has 0 radical (unpaired) electrons. The van der Waals surface area contributed by atoms with E-state index in [1.54, 1.807) is 0 Å². The van der Waals surface area contributed by atoms with Gasteiger partial charge >= 0.3 is 0 Å². The maximum atomic E-state index is 11.5. The highest BCUT2D eigenvalue weighted by molar-refractivity contribution is 5.98. The van der Waals surface area contributed by atoms with Gasteiger partial charge in [0, 0.05) is 25.2 Å². The van der Waals surface area contributed by atoms with E-state index in [1.807, 2.05) is 11.8 Å². The molecule has 1 aliphatic heterocycles. The predicted molar refractivity (Wildman–Crippen MR) is 73.7 cm³/mol.